The molecule has 0 radical (unpaired) electrons. The number of rotatable bonds is 4. The fourth-order valence-electron chi connectivity index (χ4n) is 4.17. The summed E-state index contributed by atoms with van der Waals surface area (Å²) in [6, 6.07) is 16.3. The number of nitrogens with zero attached hydrogens (tertiary/aromatic N) is 4. The highest BCUT2D eigenvalue weighted by Gasteiger charge is 2.45. The maximum absolute atomic E-state index is 12.3. The average Bonchev–Trinajstić information content (AvgIpc) is 3.46. The number of H-pyrrole nitrogens is 1. The standard InChI is InChI=1S/C21H20N6O/c28-20-21(11-3-4-12-21)23-18(22-20)13-14-7-9-15(10-8-14)16-5-1-2-6-17(16)19-24-26-27-25-19/h1-2,5-10H,3-4,11-13H2,(H,22,23,28)(H,24,25,26,27). The molecule has 1 spiro atoms. The molecule has 1 saturated carbocycles. The zero-order valence-corrected chi connectivity index (χ0v) is 15.4. The van der Waals surface area contributed by atoms with E-state index in [1.54, 1.807) is 0 Å². The molecule has 2 N–H and O–H groups in total. The smallest absolute Gasteiger partial charge is 0.253 e. The quantitative estimate of drug-likeness (QED) is 0.736. The number of tetrazole rings is 1. The second kappa shape index (κ2) is 6.67. The van der Waals surface area contributed by atoms with Gasteiger partial charge in [0.05, 0.1) is 0 Å². The largest absolute Gasteiger partial charge is 0.312 e. The monoisotopic (exact) mass is 372 g/mol. The Kier molecular flexibility index (Phi) is 4.00. The molecule has 1 aliphatic carbocycles. The molecule has 1 aromatic heterocycles. The molecule has 0 bridgehead atoms. The minimum Gasteiger partial charge on any atom is -0.312 e. The Balaban J connectivity index is 1.38. The number of hydrogen-bond donors (Lipinski definition) is 2. The van der Waals surface area contributed by atoms with Crippen LogP contribution in [-0.2, 0) is 11.2 Å². The molecular formula is C21H20N6O. The van der Waals surface area contributed by atoms with Gasteiger partial charge in [0, 0.05) is 12.0 Å². The lowest BCUT2D eigenvalue weighted by molar-refractivity contribution is -0.123. The molecule has 0 saturated heterocycles. The van der Waals surface area contributed by atoms with Crippen molar-refractivity contribution in [3.05, 3.63) is 54.1 Å². The highest BCUT2D eigenvalue weighted by molar-refractivity contribution is 6.09. The van der Waals surface area contributed by atoms with Gasteiger partial charge in [-0.1, -0.05) is 61.4 Å². The molecule has 28 heavy (non-hydrogen) atoms. The number of aromatic amines is 1. The number of carbonyl (C=O) groups excluding carboxylic acids is 1. The summed E-state index contributed by atoms with van der Waals surface area (Å²) >= 11 is 0. The van der Waals surface area contributed by atoms with Gasteiger partial charge in [0.15, 0.2) is 0 Å². The van der Waals surface area contributed by atoms with Crippen molar-refractivity contribution in [2.45, 2.75) is 37.6 Å². The normalized spacial score (nSPS) is 17.7. The lowest BCUT2D eigenvalue weighted by Crippen LogP contribution is -2.37. The van der Waals surface area contributed by atoms with E-state index in [1.165, 1.54) is 0 Å². The van der Waals surface area contributed by atoms with Crippen LogP contribution in [0.2, 0.25) is 0 Å². The second-order valence-electron chi connectivity index (χ2n) is 7.41. The van der Waals surface area contributed by atoms with Crippen molar-refractivity contribution in [3.8, 4) is 22.5 Å². The zero-order chi connectivity index (χ0) is 19.0. The van der Waals surface area contributed by atoms with Crippen molar-refractivity contribution in [2.24, 2.45) is 4.99 Å². The van der Waals surface area contributed by atoms with Crippen molar-refractivity contribution >= 4 is 11.7 Å². The molecule has 1 aliphatic heterocycles. The highest BCUT2D eigenvalue weighted by atomic mass is 16.2. The first-order valence-corrected chi connectivity index (χ1v) is 9.56. The zero-order valence-electron chi connectivity index (χ0n) is 15.4. The SMILES string of the molecule is O=C1NC(Cc2ccc(-c3ccccc3-c3nn[nH]n3)cc2)=NC12CCCC2. The molecule has 0 atom stereocenters. The second-order valence-corrected chi connectivity index (χ2v) is 7.41. The topological polar surface area (TPSA) is 95.9 Å². The van der Waals surface area contributed by atoms with Gasteiger partial charge in [0.25, 0.3) is 5.91 Å². The summed E-state index contributed by atoms with van der Waals surface area (Å²) in [6.07, 6.45) is 4.54. The number of carbonyl (C=O) groups is 1. The first-order valence-electron chi connectivity index (χ1n) is 9.56. The third-order valence-electron chi connectivity index (χ3n) is 5.61. The number of nitrogens with one attached hydrogen (secondary N) is 2. The van der Waals surface area contributed by atoms with Gasteiger partial charge in [0.1, 0.15) is 11.4 Å². The summed E-state index contributed by atoms with van der Waals surface area (Å²) in [4.78, 5) is 17.1. The van der Waals surface area contributed by atoms with Crippen LogP contribution in [0.1, 0.15) is 31.2 Å². The summed E-state index contributed by atoms with van der Waals surface area (Å²) in [7, 11) is 0. The summed E-state index contributed by atoms with van der Waals surface area (Å²) in [5, 5.41) is 17.3. The Bertz CT molecular complexity index is 1030. The molecular weight excluding hydrogens is 352 g/mol. The fraction of sp³-hybridized carbons (Fsp3) is 0.286. The van der Waals surface area contributed by atoms with Crippen LogP contribution in [0.4, 0.5) is 0 Å². The number of amides is 1. The van der Waals surface area contributed by atoms with Crippen LogP contribution in [0.3, 0.4) is 0 Å². The molecule has 0 unspecified atom stereocenters. The Morgan fingerprint density at radius 1 is 0.964 bits per heavy atom. The van der Waals surface area contributed by atoms with Gasteiger partial charge in [-0.25, -0.2) is 0 Å². The predicted octanol–water partition coefficient (Wildman–Crippen LogP) is 2.92. The van der Waals surface area contributed by atoms with Gasteiger partial charge in [-0.15, -0.1) is 10.2 Å². The van der Waals surface area contributed by atoms with Gasteiger partial charge in [0.2, 0.25) is 5.82 Å². The number of amidine groups is 1. The third-order valence-corrected chi connectivity index (χ3v) is 5.61. The molecule has 2 aromatic carbocycles. The molecule has 7 nitrogen and oxygen atoms in total. The summed E-state index contributed by atoms with van der Waals surface area (Å²) in [6.45, 7) is 0. The predicted molar refractivity (Wildman–Crippen MR) is 106 cm³/mol. The summed E-state index contributed by atoms with van der Waals surface area (Å²) < 4.78 is 0. The molecule has 7 heteroatoms. The van der Waals surface area contributed by atoms with Crippen LogP contribution in [0.25, 0.3) is 22.5 Å². The van der Waals surface area contributed by atoms with Gasteiger partial charge in [-0.2, -0.15) is 5.21 Å². The van der Waals surface area contributed by atoms with Gasteiger partial charge < -0.3 is 5.32 Å². The van der Waals surface area contributed by atoms with Gasteiger partial charge >= 0.3 is 0 Å². The van der Waals surface area contributed by atoms with E-state index in [0.29, 0.717) is 12.2 Å². The average molecular weight is 372 g/mol. The molecule has 2 heterocycles. The maximum Gasteiger partial charge on any atom is 0.253 e. The van der Waals surface area contributed by atoms with Crippen molar-refractivity contribution in [1.82, 2.24) is 25.9 Å². The van der Waals surface area contributed by atoms with Crippen LogP contribution in [-0.4, -0.2) is 37.9 Å². The minimum atomic E-state index is -0.487. The van der Waals surface area contributed by atoms with Gasteiger partial charge in [-0.05, 0) is 34.7 Å². The van der Waals surface area contributed by atoms with E-state index in [-0.39, 0.29) is 5.91 Å². The van der Waals surface area contributed by atoms with Crippen LogP contribution < -0.4 is 5.32 Å². The van der Waals surface area contributed by atoms with Gasteiger partial charge in [-0.3, -0.25) is 9.79 Å². The minimum absolute atomic E-state index is 0.0747. The van der Waals surface area contributed by atoms with Crippen molar-refractivity contribution < 1.29 is 4.79 Å². The van der Waals surface area contributed by atoms with Crippen LogP contribution >= 0.6 is 0 Å². The highest BCUT2D eigenvalue weighted by Crippen LogP contribution is 2.36. The lowest BCUT2D eigenvalue weighted by Gasteiger charge is -2.14. The Morgan fingerprint density at radius 2 is 1.71 bits per heavy atom. The lowest BCUT2D eigenvalue weighted by atomic mass is 9.97. The summed E-state index contributed by atoms with van der Waals surface area (Å²) in [5.41, 5.74) is 3.69. The number of hydrogen-bond acceptors (Lipinski definition) is 5. The van der Waals surface area contributed by atoms with E-state index >= 15 is 0 Å². The first kappa shape index (κ1) is 16.8. The van der Waals surface area contributed by atoms with Crippen LogP contribution in [0, 0.1) is 0 Å². The maximum atomic E-state index is 12.3. The van der Waals surface area contributed by atoms with E-state index in [0.717, 1.165) is 53.8 Å². The Hall–Kier alpha value is -3.35. The Morgan fingerprint density at radius 3 is 2.43 bits per heavy atom. The van der Waals surface area contributed by atoms with E-state index in [4.69, 9.17) is 4.99 Å². The molecule has 140 valence electrons. The summed E-state index contributed by atoms with van der Waals surface area (Å²) in [5.74, 6) is 1.43. The van der Waals surface area contributed by atoms with E-state index < -0.39 is 5.54 Å². The molecule has 5 rings (SSSR count). The van der Waals surface area contributed by atoms with Crippen molar-refractivity contribution in [3.63, 3.8) is 0 Å². The van der Waals surface area contributed by atoms with Crippen LogP contribution in [0.15, 0.2) is 53.5 Å². The first-order chi connectivity index (χ1) is 13.7. The fourth-order valence-corrected chi connectivity index (χ4v) is 4.17. The Labute approximate surface area is 162 Å². The third kappa shape index (κ3) is 2.89. The molecule has 3 aromatic rings. The van der Waals surface area contributed by atoms with E-state index in [1.807, 2.05) is 24.3 Å². The van der Waals surface area contributed by atoms with E-state index in [2.05, 4.69) is 50.2 Å². The molecule has 1 amide bonds. The number of aliphatic imine (C=N–C) groups is 1. The molecule has 2 aliphatic rings. The van der Waals surface area contributed by atoms with Crippen molar-refractivity contribution in [1.29, 1.82) is 0 Å². The van der Waals surface area contributed by atoms with Crippen LogP contribution in [0.5, 0.6) is 0 Å². The molecule has 1 fully saturated rings. The number of benzene rings is 2. The van der Waals surface area contributed by atoms with Crippen molar-refractivity contribution in [2.75, 3.05) is 0 Å². The van der Waals surface area contributed by atoms with E-state index in [9.17, 15) is 4.79 Å². The number of aromatic nitrogens is 4.